The molecule has 3 rings (SSSR count). The molecule has 26 heavy (non-hydrogen) atoms. The van der Waals surface area contributed by atoms with E-state index in [4.69, 9.17) is 0 Å². The van der Waals surface area contributed by atoms with Crippen LogP contribution in [0.15, 0.2) is 30.3 Å². The first-order chi connectivity index (χ1) is 11.9. The Balaban J connectivity index is 2.36. The van der Waals surface area contributed by atoms with E-state index < -0.39 is 0 Å². The predicted octanol–water partition coefficient (Wildman–Crippen LogP) is 4.27. The smallest absolute Gasteiger partial charge is 0.250 e. The van der Waals surface area contributed by atoms with Crippen molar-refractivity contribution in [1.29, 1.82) is 0 Å². The van der Waals surface area contributed by atoms with E-state index in [-0.39, 0.29) is 16.6 Å². The fraction of sp³-hybridized carbons (Fsp3) is 0.429. The summed E-state index contributed by atoms with van der Waals surface area (Å²) in [7, 11) is 0. The fourth-order valence-corrected chi connectivity index (χ4v) is 3.05. The number of rotatable bonds is 1. The van der Waals surface area contributed by atoms with Gasteiger partial charge in [0.25, 0.3) is 5.52 Å². The minimum Gasteiger partial charge on any atom is -0.692 e. The highest BCUT2D eigenvalue weighted by Gasteiger charge is 2.28. The topological polar surface area (TPSA) is 65.0 Å². The number of phenolic OH excluding ortho intramolecular Hbond substituents is 1. The molecule has 1 N–H and O–H groups in total. The third-order valence-corrected chi connectivity index (χ3v) is 4.69. The summed E-state index contributed by atoms with van der Waals surface area (Å²) in [6, 6.07) is 9.40. The second kappa shape index (κ2) is 5.73. The van der Waals surface area contributed by atoms with Gasteiger partial charge in [-0.15, -0.1) is 4.85 Å². The van der Waals surface area contributed by atoms with Crippen molar-refractivity contribution >= 4 is 11.0 Å². The van der Waals surface area contributed by atoms with Crippen LogP contribution in [0.25, 0.3) is 16.7 Å². The number of hydrogen-bond donors (Lipinski definition) is 1. The summed E-state index contributed by atoms with van der Waals surface area (Å²) in [4.78, 5) is 1.99. The SMILES string of the molecule is Cc1ccc2c(c1)nn(-c1cc(C(C)(C)C)cc(C(C)(C)C)c1O)[n+]2[O-]. The van der Waals surface area contributed by atoms with Gasteiger partial charge in [0, 0.05) is 5.56 Å². The number of aryl methyl sites for hydroxylation is 1. The van der Waals surface area contributed by atoms with E-state index in [1.165, 1.54) is 4.80 Å². The van der Waals surface area contributed by atoms with Crippen molar-refractivity contribution in [3.8, 4) is 11.4 Å². The third kappa shape index (κ3) is 3.02. The van der Waals surface area contributed by atoms with Crippen molar-refractivity contribution in [3.05, 3.63) is 52.2 Å². The summed E-state index contributed by atoms with van der Waals surface area (Å²) in [5.41, 5.74) is 3.99. The number of aromatic hydroxyl groups is 1. The van der Waals surface area contributed by atoms with E-state index in [9.17, 15) is 10.3 Å². The normalized spacial score (nSPS) is 12.7. The molecule has 5 nitrogen and oxygen atoms in total. The van der Waals surface area contributed by atoms with Gasteiger partial charge in [0.2, 0.25) is 5.52 Å². The molecular formula is C21H27N3O2. The summed E-state index contributed by atoms with van der Waals surface area (Å²) in [6.45, 7) is 14.5. The van der Waals surface area contributed by atoms with Crippen LogP contribution in [0.4, 0.5) is 0 Å². The Morgan fingerprint density at radius 2 is 1.65 bits per heavy atom. The summed E-state index contributed by atoms with van der Waals surface area (Å²) in [6.07, 6.45) is 0. The highest BCUT2D eigenvalue weighted by atomic mass is 16.5. The molecule has 5 heteroatoms. The lowest BCUT2D eigenvalue weighted by atomic mass is 9.80. The molecule has 0 saturated heterocycles. The van der Waals surface area contributed by atoms with Crippen molar-refractivity contribution in [3.63, 3.8) is 0 Å². The molecule has 2 aromatic carbocycles. The molecule has 0 aliphatic heterocycles. The second-order valence-electron chi connectivity index (χ2n) is 9.05. The summed E-state index contributed by atoms with van der Waals surface area (Å²) in [5, 5.41) is 28.2. The van der Waals surface area contributed by atoms with Crippen LogP contribution in [0, 0.1) is 12.1 Å². The van der Waals surface area contributed by atoms with Crippen molar-refractivity contribution < 1.29 is 9.95 Å². The molecule has 0 bridgehead atoms. The first-order valence-electron chi connectivity index (χ1n) is 8.87. The quantitative estimate of drug-likeness (QED) is 0.525. The molecule has 0 amide bonds. The van der Waals surface area contributed by atoms with Crippen LogP contribution in [0.2, 0.25) is 0 Å². The van der Waals surface area contributed by atoms with E-state index in [2.05, 4.69) is 25.9 Å². The highest BCUT2D eigenvalue weighted by Crippen LogP contribution is 2.38. The molecule has 0 aliphatic rings. The van der Waals surface area contributed by atoms with E-state index >= 15 is 0 Å². The minimum absolute atomic E-state index is 0.0969. The maximum absolute atomic E-state index is 12.8. The number of aromatic nitrogens is 3. The number of nitrogens with zero attached hydrogens (tertiary/aromatic N) is 3. The van der Waals surface area contributed by atoms with Gasteiger partial charge in [0.05, 0.1) is 5.10 Å². The maximum atomic E-state index is 12.8. The Labute approximate surface area is 154 Å². The minimum atomic E-state index is -0.267. The van der Waals surface area contributed by atoms with Gasteiger partial charge in [-0.2, -0.15) is 0 Å². The molecule has 1 heterocycles. The molecule has 1 aromatic heterocycles. The van der Waals surface area contributed by atoms with Gasteiger partial charge in [-0.3, -0.25) is 0 Å². The molecule has 0 aliphatic carbocycles. The fourth-order valence-electron chi connectivity index (χ4n) is 3.05. The van der Waals surface area contributed by atoms with Crippen LogP contribution in [-0.2, 0) is 10.8 Å². The van der Waals surface area contributed by atoms with Gasteiger partial charge in [0.15, 0.2) is 11.4 Å². The van der Waals surface area contributed by atoms with Crippen LogP contribution < -0.4 is 4.85 Å². The molecule has 0 unspecified atom stereocenters. The van der Waals surface area contributed by atoms with E-state index in [1.54, 1.807) is 6.07 Å². The highest BCUT2D eigenvalue weighted by molar-refractivity contribution is 5.72. The molecule has 0 spiro atoms. The van der Waals surface area contributed by atoms with Gasteiger partial charge in [-0.05, 0) is 51.9 Å². The lowest BCUT2D eigenvalue weighted by Crippen LogP contribution is -2.37. The molecule has 0 fully saturated rings. The van der Waals surface area contributed by atoms with Gasteiger partial charge in [-0.1, -0.05) is 53.7 Å². The van der Waals surface area contributed by atoms with Gasteiger partial charge in [0.1, 0.15) is 0 Å². The number of benzene rings is 2. The van der Waals surface area contributed by atoms with E-state index in [1.807, 2.05) is 52.0 Å². The van der Waals surface area contributed by atoms with Crippen LogP contribution in [-0.4, -0.2) is 15.0 Å². The van der Waals surface area contributed by atoms with E-state index in [0.29, 0.717) is 16.7 Å². The zero-order valence-corrected chi connectivity index (χ0v) is 16.6. The Kier molecular flexibility index (Phi) is 4.02. The van der Waals surface area contributed by atoms with Gasteiger partial charge >= 0.3 is 0 Å². The largest absolute Gasteiger partial charge is 0.692 e. The number of fused-ring (bicyclic) bond motifs is 1. The second-order valence-corrected chi connectivity index (χ2v) is 9.05. The predicted molar refractivity (Wildman–Crippen MR) is 104 cm³/mol. The van der Waals surface area contributed by atoms with E-state index in [0.717, 1.165) is 21.5 Å². The average molecular weight is 353 g/mol. The number of phenols is 1. The molecule has 3 aromatic rings. The zero-order chi connectivity index (χ0) is 19.4. The zero-order valence-electron chi connectivity index (χ0n) is 16.6. The molecule has 0 saturated carbocycles. The molecular weight excluding hydrogens is 326 g/mol. The monoisotopic (exact) mass is 353 g/mol. The lowest BCUT2D eigenvalue weighted by Gasteiger charge is -2.26. The van der Waals surface area contributed by atoms with Gasteiger partial charge in [-0.25, -0.2) is 0 Å². The molecule has 0 atom stereocenters. The maximum Gasteiger partial charge on any atom is 0.250 e. The molecule has 0 radical (unpaired) electrons. The van der Waals surface area contributed by atoms with Crippen molar-refractivity contribution in [2.45, 2.75) is 59.3 Å². The average Bonchev–Trinajstić information content (AvgIpc) is 2.81. The standard InChI is InChI=1S/C21H27N3O2/c1-13-8-9-17-16(10-13)22-23(24(17)26)18-12-14(20(2,3)4)11-15(19(18)25)21(5,6)7/h8-12,25H,1-7H3. The van der Waals surface area contributed by atoms with Crippen molar-refractivity contribution in [2.24, 2.45) is 0 Å². The Morgan fingerprint density at radius 1 is 1.00 bits per heavy atom. The first-order valence-corrected chi connectivity index (χ1v) is 8.87. The van der Waals surface area contributed by atoms with Crippen LogP contribution in [0.1, 0.15) is 58.2 Å². The van der Waals surface area contributed by atoms with Crippen LogP contribution in [0.5, 0.6) is 5.75 Å². The number of hydrogen-bond acceptors (Lipinski definition) is 3. The first kappa shape index (κ1) is 18.2. The Morgan fingerprint density at radius 3 is 2.23 bits per heavy atom. The molecule has 138 valence electrons. The summed E-state index contributed by atoms with van der Waals surface area (Å²) < 4.78 is 0. The third-order valence-electron chi connectivity index (χ3n) is 4.69. The Bertz CT molecular complexity index is 989. The van der Waals surface area contributed by atoms with Crippen molar-refractivity contribution in [2.75, 3.05) is 0 Å². The Hall–Kier alpha value is -2.56. The van der Waals surface area contributed by atoms with Crippen LogP contribution >= 0.6 is 0 Å². The lowest BCUT2D eigenvalue weighted by molar-refractivity contribution is -0.664. The summed E-state index contributed by atoms with van der Waals surface area (Å²) in [5.74, 6) is 0.0969. The summed E-state index contributed by atoms with van der Waals surface area (Å²) >= 11 is 0. The van der Waals surface area contributed by atoms with Crippen LogP contribution in [0.3, 0.4) is 0 Å². The van der Waals surface area contributed by atoms with Crippen molar-refractivity contribution in [1.82, 2.24) is 9.90 Å². The van der Waals surface area contributed by atoms with Gasteiger partial charge < -0.3 is 10.3 Å².